The van der Waals surface area contributed by atoms with Crippen LogP contribution in [0.25, 0.3) is 0 Å². The van der Waals surface area contributed by atoms with E-state index in [2.05, 4.69) is 0 Å². The highest BCUT2D eigenvalue weighted by atomic mass is 32.2. The third-order valence-corrected chi connectivity index (χ3v) is 6.18. The molecule has 0 saturated carbocycles. The van der Waals surface area contributed by atoms with E-state index in [4.69, 9.17) is 0 Å². The highest BCUT2D eigenvalue weighted by Crippen LogP contribution is 2.36. The van der Waals surface area contributed by atoms with Gasteiger partial charge in [0.15, 0.2) is 17.5 Å². The second-order valence-corrected chi connectivity index (χ2v) is 8.15. The van der Waals surface area contributed by atoms with Crippen molar-refractivity contribution in [3.05, 3.63) is 53.3 Å². The van der Waals surface area contributed by atoms with Gasteiger partial charge in [0.25, 0.3) is 15.9 Å². The number of halogens is 6. The van der Waals surface area contributed by atoms with Gasteiger partial charge >= 0.3 is 12.2 Å². The maximum absolute atomic E-state index is 13.3. The summed E-state index contributed by atoms with van der Waals surface area (Å²) in [6.07, 6.45) is -5.06. The Bertz CT molecular complexity index is 1180. The number of carbonyl (C=O) groups is 2. The minimum absolute atomic E-state index is 0.369. The first-order valence-electron chi connectivity index (χ1n) is 8.25. The summed E-state index contributed by atoms with van der Waals surface area (Å²) in [5, 5.41) is 4.00. The maximum Gasteiger partial charge on any atom is 0.409 e. The highest BCUT2D eigenvalue weighted by Gasteiger charge is 2.50. The number of benzene rings is 2. The SMILES string of the molecule is CC(N1C(=O)Nc2ccc(C(=O)Nc3cc(F)c(F)c(F)c3)cc2S1(=O)=O)C(F)(F)F. The first kappa shape index (κ1) is 22.4. The van der Waals surface area contributed by atoms with E-state index in [1.807, 2.05) is 10.6 Å². The van der Waals surface area contributed by atoms with Crippen LogP contribution >= 0.6 is 0 Å². The van der Waals surface area contributed by atoms with Crippen molar-refractivity contribution in [2.75, 3.05) is 10.6 Å². The molecule has 3 amide bonds. The Morgan fingerprint density at radius 1 is 1.10 bits per heavy atom. The molecule has 1 aliphatic heterocycles. The van der Waals surface area contributed by atoms with E-state index in [0.29, 0.717) is 25.1 Å². The molecule has 14 heteroatoms. The Morgan fingerprint density at radius 2 is 1.68 bits per heavy atom. The Balaban J connectivity index is 1.98. The Hall–Kier alpha value is -3.29. The molecule has 2 aromatic carbocycles. The van der Waals surface area contributed by atoms with Crippen LogP contribution in [0, 0.1) is 17.5 Å². The number of hydrogen-bond acceptors (Lipinski definition) is 4. The van der Waals surface area contributed by atoms with Crippen LogP contribution in [0.15, 0.2) is 35.2 Å². The molecule has 0 saturated heterocycles. The average Bonchev–Trinajstić information content (AvgIpc) is 2.64. The number of nitrogens with one attached hydrogen (secondary N) is 2. The monoisotopic (exact) mass is 467 g/mol. The number of anilines is 2. The van der Waals surface area contributed by atoms with Crippen molar-refractivity contribution >= 4 is 33.3 Å². The largest absolute Gasteiger partial charge is 0.409 e. The van der Waals surface area contributed by atoms with Crippen LogP contribution in [-0.4, -0.2) is 36.9 Å². The smallest absolute Gasteiger partial charge is 0.322 e. The Labute approximate surface area is 170 Å². The standard InChI is InChI=1S/C17H11F6N3O4S/c1-7(17(21,22)23)26-16(28)25-12-3-2-8(4-13(12)31(26,29)30)15(27)24-9-5-10(18)14(20)11(19)6-9/h2-7H,1H3,(H,24,27)(H,25,28). The summed E-state index contributed by atoms with van der Waals surface area (Å²) < 4.78 is 104. The second kappa shape index (κ2) is 7.44. The average molecular weight is 467 g/mol. The lowest BCUT2D eigenvalue weighted by Crippen LogP contribution is -2.53. The number of urea groups is 1. The van der Waals surface area contributed by atoms with E-state index < -0.39 is 72.1 Å². The summed E-state index contributed by atoms with van der Waals surface area (Å²) in [5.41, 5.74) is -1.29. The minimum atomic E-state index is -5.06. The predicted molar refractivity (Wildman–Crippen MR) is 94.3 cm³/mol. The second-order valence-electron chi connectivity index (χ2n) is 6.37. The van der Waals surface area contributed by atoms with E-state index >= 15 is 0 Å². The van der Waals surface area contributed by atoms with Gasteiger partial charge in [0.1, 0.15) is 10.9 Å². The third kappa shape index (κ3) is 4.02. The molecule has 31 heavy (non-hydrogen) atoms. The quantitative estimate of drug-likeness (QED) is 0.530. The zero-order chi connectivity index (χ0) is 23.3. The zero-order valence-corrected chi connectivity index (χ0v) is 16.0. The summed E-state index contributed by atoms with van der Waals surface area (Å²) >= 11 is 0. The fourth-order valence-electron chi connectivity index (χ4n) is 2.71. The van der Waals surface area contributed by atoms with Gasteiger partial charge < -0.3 is 10.6 Å². The van der Waals surface area contributed by atoms with Crippen molar-refractivity contribution in [2.45, 2.75) is 24.0 Å². The van der Waals surface area contributed by atoms with Crippen LogP contribution < -0.4 is 10.6 Å². The summed E-state index contributed by atoms with van der Waals surface area (Å²) in [6, 6.07) is -0.632. The number of nitrogens with zero attached hydrogens (tertiary/aromatic N) is 1. The van der Waals surface area contributed by atoms with Gasteiger partial charge in [-0.15, -0.1) is 0 Å². The van der Waals surface area contributed by atoms with Gasteiger partial charge in [0, 0.05) is 23.4 Å². The third-order valence-electron chi connectivity index (χ3n) is 4.29. The molecule has 2 N–H and O–H groups in total. The van der Waals surface area contributed by atoms with Gasteiger partial charge in [-0.2, -0.15) is 13.2 Å². The van der Waals surface area contributed by atoms with Crippen LogP contribution in [0.5, 0.6) is 0 Å². The van der Waals surface area contributed by atoms with Gasteiger partial charge in [-0.25, -0.2) is 30.7 Å². The molecule has 1 heterocycles. The lowest BCUT2D eigenvalue weighted by molar-refractivity contribution is -0.161. The summed E-state index contributed by atoms with van der Waals surface area (Å²) in [4.78, 5) is 23.5. The first-order chi connectivity index (χ1) is 14.2. The summed E-state index contributed by atoms with van der Waals surface area (Å²) in [7, 11) is -5.01. The van der Waals surface area contributed by atoms with E-state index in [-0.39, 0.29) is 5.69 Å². The van der Waals surface area contributed by atoms with Crippen molar-refractivity contribution in [1.29, 1.82) is 0 Å². The van der Waals surface area contributed by atoms with Crippen LogP contribution in [-0.2, 0) is 10.0 Å². The van der Waals surface area contributed by atoms with E-state index in [1.165, 1.54) is 0 Å². The molecule has 0 spiro atoms. The molecule has 1 aliphatic rings. The van der Waals surface area contributed by atoms with E-state index in [0.717, 1.165) is 12.1 Å². The molecule has 0 aliphatic carbocycles. The number of hydrogen-bond donors (Lipinski definition) is 2. The molecule has 0 aromatic heterocycles. The van der Waals surface area contributed by atoms with Gasteiger partial charge in [-0.05, 0) is 25.1 Å². The number of alkyl halides is 3. The topological polar surface area (TPSA) is 95.6 Å². The molecule has 0 fully saturated rings. The number of fused-ring (bicyclic) bond motifs is 1. The molecule has 2 aromatic rings. The fraction of sp³-hybridized carbons (Fsp3) is 0.176. The van der Waals surface area contributed by atoms with Crippen molar-refractivity contribution in [3.8, 4) is 0 Å². The van der Waals surface area contributed by atoms with Crippen molar-refractivity contribution in [1.82, 2.24) is 4.31 Å². The van der Waals surface area contributed by atoms with Crippen LogP contribution in [0.1, 0.15) is 17.3 Å². The maximum atomic E-state index is 13.3. The first-order valence-corrected chi connectivity index (χ1v) is 9.69. The van der Waals surface area contributed by atoms with E-state index in [1.54, 1.807) is 0 Å². The van der Waals surface area contributed by atoms with Crippen molar-refractivity contribution in [3.63, 3.8) is 0 Å². The van der Waals surface area contributed by atoms with Gasteiger partial charge in [0.2, 0.25) is 0 Å². The molecule has 0 radical (unpaired) electrons. The lowest BCUT2D eigenvalue weighted by atomic mass is 10.2. The molecular weight excluding hydrogens is 456 g/mol. The molecule has 3 rings (SSSR count). The minimum Gasteiger partial charge on any atom is -0.322 e. The summed E-state index contributed by atoms with van der Waals surface area (Å²) in [5.74, 6) is -6.06. The van der Waals surface area contributed by atoms with Crippen LogP contribution in [0.3, 0.4) is 0 Å². The number of sulfonamides is 1. The highest BCUT2D eigenvalue weighted by molar-refractivity contribution is 7.90. The number of amides is 3. The molecule has 1 unspecified atom stereocenters. The van der Waals surface area contributed by atoms with Gasteiger partial charge in [-0.3, -0.25) is 4.79 Å². The molecule has 166 valence electrons. The fourth-order valence-corrected chi connectivity index (χ4v) is 4.40. The van der Waals surface area contributed by atoms with Crippen molar-refractivity contribution in [2.24, 2.45) is 0 Å². The van der Waals surface area contributed by atoms with Crippen molar-refractivity contribution < 1.29 is 44.3 Å². The normalized spacial score (nSPS) is 16.4. The van der Waals surface area contributed by atoms with Crippen LogP contribution in [0.2, 0.25) is 0 Å². The Kier molecular flexibility index (Phi) is 5.38. The number of carbonyl (C=O) groups excluding carboxylic acids is 2. The lowest BCUT2D eigenvalue weighted by Gasteiger charge is -2.33. The van der Waals surface area contributed by atoms with E-state index in [9.17, 15) is 44.3 Å². The number of rotatable bonds is 3. The van der Waals surface area contributed by atoms with Crippen LogP contribution in [0.4, 0.5) is 42.5 Å². The summed E-state index contributed by atoms with van der Waals surface area (Å²) in [6.45, 7) is 0.469. The molecule has 1 atom stereocenters. The van der Waals surface area contributed by atoms with Gasteiger partial charge in [-0.1, -0.05) is 0 Å². The molecule has 7 nitrogen and oxygen atoms in total. The predicted octanol–water partition coefficient (Wildman–Crippen LogP) is 3.84. The molecular formula is C17H11F6N3O4S. The Morgan fingerprint density at radius 3 is 2.23 bits per heavy atom. The zero-order valence-electron chi connectivity index (χ0n) is 15.2. The molecule has 0 bridgehead atoms. The van der Waals surface area contributed by atoms with Gasteiger partial charge in [0.05, 0.1) is 5.69 Å².